The molecule has 0 aliphatic heterocycles. The Hall–Kier alpha value is -2.58. The fraction of sp³-hybridized carbons (Fsp3) is 0.200. The average molecular weight is 463 g/mol. The highest BCUT2D eigenvalue weighted by Crippen LogP contribution is 2.34. The number of thiazole rings is 1. The summed E-state index contributed by atoms with van der Waals surface area (Å²) in [6.45, 7) is 1.89. The number of halogens is 1. The minimum Gasteiger partial charge on any atom is -0.496 e. The zero-order valence-corrected chi connectivity index (χ0v) is 18.2. The van der Waals surface area contributed by atoms with Crippen LogP contribution in [0.1, 0.15) is 15.9 Å². The lowest BCUT2D eigenvalue weighted by atomic mass is 10.1. The monoisotopic (exact) mass is 462 g/mol. The van der Waals surface area contributed by atoms with Crippen molar-refractivity contribution in [3.8, 4) is 28.5 Å². The van der Waals surface area contributed by atoms with E-state index in [4.69, 9.17) is 14.2 Å². The Morgan fingerprint density at radius 1 is 1.07 bits per heavy atom. The first-order valence-electron chi connectivity index (χ1n) is 8.30. The van der Waals surface area contributed by atoms with E-state index in [0.717, 1.165) is 21.3 Å². The summed E-state index contributed by atoms with van der Waals surface area (Å²) in [5, 5.41) is 5.21. The third-order valence-electron chi connectivity index (χ3n) is 4.09. The van der Waals surface area contributed by atoms with Crippen LogP contribution in [0.2, 0.25) is 0 Å². The second-order valence-electron chi connectivity index (χ2n) is 5.87. The maximum Gasteiger partial charge on any atom is 0.261 e. The minimum atomic E-state index is -0.283. The lowest BCUT2D eigenvalue weighted by molar-refractivity contribution is 0.102. The third kappa shape index (κ3) is 4.13. The number of aryl methyl sites for hydroxylation is 1. The maximum atomic E-state index is 12.7. The van der Waals surface area contributed by atoms with Crippen LogP contribution in [0.25, 0.3) is 11.3 Å². The fourth-order valence-electron chi connectivity index (χ4n) is 2.79. The molecule has 0 fully saturated rings. The molecular weight excluding hydrogens is 444 g/mol. The van der Waals surface area contributed by atoms with Crippen LogP contribution >= 0.6 is 27.3 Å². The van der Waals surface area contributed by atoms with E-state index < -0.39 is 0 Å². The van der Waals surface area contributed by atoms with Crippen molar-refractivity contribution >= 4 is 38.3 Å². The Bertz CT molecular complexity index is 1020. The number of rotatable bonds is 6. The topological polar surface area (TPSA) is 69.7 Å². The first-order valence-corrected chi connectivity index (χ1v) is 9.97. The molecule has 0 aliphatic carbocycles. The van der Waals surface area contributed by atoms with E-state index in [0.29, 0.717) is 27.9 Å². The largest absolute Gasteiger partial charge is 0.496 e. The highest BCUT2D eigenvalue weighted by atomic mass is 79.9. The number of methoxy groups -OCH3 is 3. The van der Waals surface area contributed by atoms with Gasteiger partial charge in [-0.25, -0.2) is 4.98 Å². The normalized spacial score (nSPS) is 10.5. The van der Waals surface area contributed by atoms with E-state index in [1.807, 2.05) is 36.6 Å². The van der Waals surface area contributed by atoms with Crippen molar-refractivity contribution in [3.05, 3.63) is 51.3 Å². The summed E-state index contributed by atoms with van der Waals surface area (Å²) in [7, 11) is 4.72. The molecule has 1 N–H and O–H groups in total. The van der Waals surface area contributed by atoms with Crippen molar-refractivity contribution in [2.75, 3.05) is 26.6 Å². The molecule has 1 heterocycles. The average Bonchev–Trinajstić information content (AvgIpc) is 3.15. The van der Waals surface area contributed by atoms with Crippen LogP contribution in [0.15, 0.2) is 40.2 Å². The molecule has 3 aromatic rings. The van der Waals surface area contributed by atoms with Gasteiger partial charge in [-0.1, -0.05) is 15.9 Å². The van der Waals surface area contributed by atoms with Gasteiger partial charge in [-0.15, -0.1) is 11.3 Å². The standard InChI is InChI=1S/C20H19BrN2O4S/c1-11-7-13(21)9-14(18(11)27-4)19(24)23-20-22-15(10-28-20)12-5-6-16(25-2)17(8-12)26-3/h5-10H,1-4H3,(H,22,23,24). The van der Waals surface area contributed by atoms with Gasteiger partial charge in [0.15, 0.2) is 16.6 Å². The van der Waals surface area contributed by atoms with E-state index in [1.165, 1.54) is 11.3 Å². The van der Waals surface area contributed by atoms with Crippen molar-refractivity contribution in [1.82, 2.24) is 4.98 Å². The van der Waals surface area contributed by atoms with E-state index >= 15 is 0 Å². The van der Waals surface area contributed by atoms with Gasteiger partial charge in [0.25, 0.3) is 5.91 Å². The summed E-state index contributed by atoms with van der Waals surface area (Å²) in [5.74, 6) is 1.52. The summed E-state index contributed by atoms with van der Waals surface area (Å²) >= 11 is 4.76. The predicted octanol–water partition coefficient (Wildman–Crippen LogP) is 5.16. The number of carbonyl (C=O) groups excluding carboxylic acids is 1. The maximum absolute atomic E-state index is 12.7. The second kappa shape index (κ2) is 8.62. The summed E-state index contributed by atoms with van der Waals surface area (Å²) in [6.07, 6.45) is 0. The van der Waals surface area contributed by atoms with Crippen LogP contribution in [0.3, 0.4) is 0 Å². The molecule has 0 spiro atoms. The number of aromatic nitrogens is 1. The molecule has 1 aromatic heterocycles. The molecule has 8 heteroatoms. The summed E-state index contributed by atoms with van der Waals surface area (Å²) in [5.41, 5.74) is 2.91. The van der Waals surface area contributed by atoms with Gasteiger partial charge in [0.1, 0.15) is 5.75 Å². The van der Waals surface area contributed by atoms with Crippen LogP contribution in [0, 0.1) is 6.92 Å². The number of benzene rings is 2. The number of hydrogen-bond donors (Lipinski definition) is 1. The Balaban J connectivity index is 1.85. The van der Waals surface area contributed by atoms with Gasteiger partial charge < -0.3 is 14.2 Å². The first kappa shape index (κ1) is 20.2. The molecule has 0 aliphatic rings. The number of hydrogen-bond acceptors (Lipinski definition) is 6. The van der Waals surface area contributed by atoms with Crippen molar-refractivity contribution in [3.63, 3.8) is 0 Å². The van der Waals surface area contributed by atoms with E-state index in [9.17, 15) is 4.79 Å². The molecule has 1 amide bonds. The highest BCUT2D eigenvalue weighted by molar-refractivity contribution is 9.10. The number of anilines is 1. The zero-order valence-electron chi connectivity index (χ0n) is 15.8. The first-order chi connectivity index (χ1) is 13.5. The third-order valence-corrected chi connectivity index (χ3v) is 5.31. The van der Waals surface area contributed by atoms with Gasteiger partial charge in [0.05, 0.1) is 32.6 Å². The molecule has 0 radical (unpaired) electrons. The van der Waals surface area contributed by atoms with Crippen LogP contribution in [0.5, 0.6) is 17.2 Å². The van der Waals surface area contributed by atoms with Gasteiger partial charge >= 0.3 is 0 Å². The van der Waals surface area contributed by atoms with Crippen molar-refractivity contribution in [2.24, 2.45) is 0 Å². The molecule has 0 bridgehead atoms. The summed E-state index contributed by atoms with van der Waals surface area (Å²) < 4.78 is 16.8. The highest BCUT2D eigenvalue weighted by Gasteiger charge is 2.17. The summed E-state index contributed by atoms with van der Waals surface area (Å²) in [4.78, 5) is 17.3. The lowest BCUT2D eigenvalue weighted by Gasteiger charge is -2.11. The van der Waals surface area contributed by atoms with Crippen LogP contribution in [-0.2, 0) is 0 Å². The molecule has 0 saturated carbocycles. The van der Waals surface area contributed by atoms with Gasteiger partial charge in [0, 0.05) is 15.4 Å². The number of nitrogens with zero attached hydrogens (tertiary/aromatic N) is 1. The van der Waals surface area contributed by atoms with Gasteiger partial charge in [-0.3, -0.25) is 10.1 Å². The van der Waals surface area contributed by atoms with Gasteiger partial charge in [-0.2, -0.15) is 0 Å². The van der Waals surface area contributed by atoms with E-state index in [-0.39, 0.29) is 5.91 Å². The van der Waals surface area contributed by atoms with E-state index in [2.05, 4.69) is 26.2 Å². The molecule has 3 rings (SSSR count). The summed E-state index contributed by atoms with van der Waals surface area (Å²) in [6, 6.07) is 9.18. The molecular formula is C20H19BrN2O4S. The number of nitrogens with one attached hydrogen (secondary N) is 1. The van der Waals surface area contributed by atoms with Crippen LogP contribution in [0.4, 0.5) is 5.13 Å². The second-order valence-corrected chi connectivity index (χ2v) is 7.64. The van der Waals surface area contributed by atoms with Crippen molar-refractivity contribution < 1.29 is 19.0 Å². The minimum absolute atomic E-state index is 0.283. The van der Waals surface area contributed by atoms with Crippen LogP contribution < -0.4 is 19.5 Å². The number of amides is 1. The smallest absolute Gasteiger partial charge is 0.261 e. The van der Waals surface area contributed by atoms with Gasteiger partial charge in [-0.05, 0) is 42.8 Å². The Kier molecular flexibility index (Phi) is 6.21. The number of ether oxygens (including phenoxy) is 3. The van der Waals surface area contributed by atoms with Gasteiger partial charge in [0.2, 0.25) is 0 Å². The molecule has 28 heavy (non-hydrogen) atoms. The Labute approximate surface area is 175 Å². The Morgan fingerprint density at radius 3 is 2.50 bits per heavy atom. The van der Waals surface area contributed by atoms with Crippen molar-refractivity contribution in [2.45, 2.75) is 6.92 Å². The SMILES string of the molecule is COc1ccc(-c2csc(NC(=O)c3cc(Br)cc(C)c3OC)n2)cc1OC. The molecule has 0 atom stereocenters. The Morgan fingerprint density at radius 2 is 1.82 bits per heavy atom. The van der Waals surface area contributed by atoms with Crippen LogP contribution in [-0.4, -0.2) is 32.2 Å². The predicted molar refractivity (Wildman–Crippen MR) is 114 cm³/mol. The molecule has 146 valence electrons. The fourth-order valence-corrected chi connectivity index (χ4v) is 4.08. The molecule has 0 unspecified atom stereocenters. The quantitative estimate of drug-likeness (QED) is 0.547. The zero-order chi connectivity index (χ0) is 20.3. The number of carbonyl (C=O) groups is 1. The van der Waals surface area contributed by atoms with Crippen molar-refractivity contribution in [1.29, 1.82) is 0 Å². The molecule has 0 saturated heterocycles. The molecule has 6 nitrogen and oxygen atoms in total. The lowest BCUT2D eigenvalue weighted by Crippen LogP contribution is -2.13. The van der Waals surface area contributed by atoms with E-state index in [1.54, 1.807) is 27.4 Å². The molecule has 2 aromatic carbocycles.